The molecule has 0 aliphatic carbocycles. The summed E-state index contributed by atoms with van der Waals surface area (Å²) in [4.78, 5) is 24.7. The topological polar surface area (TPSA) is 112 Å². The molecule has 1 aliphatic rings. The number of amides is 2. The molecule has 29 heavy (non-hydrogen) atoms. The summed E-state index contributed by atoms with van der Waals surface area (Å²) in [6.45, 7) is 1.76. The molecule has 1 atom stereocenters. The standard InChI is InChI=1S/C20H20N4O4S/c1-12(13-7-9-14(25)10-8-13)23-24-20-22-18(26)11-17(29-20)19(27)21-15-5-3-4-6-16(15)28-2/h3-10,17,25H,11H2,1-2H3,(H,21,27)(H,22,24,26)/b23-12+/t17-/m1/s1. The molecule has 1 aliphatic heterocycles. The molecule has 2 amide bonds. The SMILES string of the molecule is COc1ccccc1NC(=O)[C@H]1CC(=O)N/C(=N\N=C(/C)c2ccc(O)cc2)S1. The largest absolute Gasteiger partial charge is 0.508 e. The fourth-order valence-electron chi connectivity index (χ4n) is 2.58. The van der Waals surface area contributed by atoms with Crippen molar-refractivity contribution in [3.63, 3.8) is 0 Å². The number of carbonyl (C=O) groups excluding carboxylic acids is 2. The van der Waals surface area contributed by atoms with Crippen LogP contribution < -0.4 is 15.4 Å². The van der Waals surface area contributed by atoms with Gasteiger partial charge in [0.05, 0.1) is 18.5 Å². The van der Waals surface area contributed by atoms with Crippen LogP contribution in [-0.2, 0) is 9.59 Å². The van der Waals surface area contributed by atoms with Crippen molar-refractivity contribution in [1.82, 2.24) is 5.32 Å². The average molecular weight is 412 g/mol. The molecule has 0 bridgehead atoms. The first-order valence-electron chi connectivity index (χ1n) is 8.78. The Bertz CT molecular complexity index is 973. The van der Waals surface area contributed by atoms with E-state index in [4.69, 9.17) is 4.74 Å². The Morgan fingerprint density at radius 3 is 2.69 bits per heavy atom. The Morgan fingerprint density at radius 2 is 1.97 bits per heavy atom. The van der Waals surface area contributed by atoms with Crippen molar-refractivity contribution < 1.29 is 19.4 Å². The lowest BCUT2D eigenvalue weighted by molar-refractivity contribution is -0.123. The third-order valence-corrected chi connectivity index (χ3v) is 5.18. The molecule has 1 fully saturated rings. The molecular weight excluding hydrogens is 392 g/mol. The molecule has 1 saturated heterocycles. The van der Waals surface area contributed by atoms with Crippen LogP contribution in [0.25, 0.3) is 0 Å². The van der Waals surface area contributed by atoms with Crippen molar-refractivity contribution in [2.24, 2.45) is 10.2 Å². The molecule has 2 aromatic rings. The highest BCUT2D eigenvalue weighted by molar-refractivity contribution is 8.15. The zero-order valence-corrected chi connectivity index (χ0v) is 16.7. The number of anilines is 1. The maximum absolute atomic E-state index is 12.6. The number of hydrogen-bond donors (Lipinski definition) is 3. The maximum atomic E-state index is 12.6. The summed E-state index contributed by atoms with van der Waals surface area (Å²) in [6.07, 6.45) is 0.0331. The number of ether oxygens (including phenoxy) is 1. The van der Waals surface area contributed by atoms with Crippen LogP contribution in [-0.4, -0.2) is 40.2 Å². The first kappa shape index (κ1) is 20.4. The van der Waals surface area contributed by atoms with Crippen molar-refractivity contribution in [3.8, 4) is 11.5 Å². The van der Waals surface area contributed by atoms with Gasteiger partial charge >= 0.3 is 0 Å². The molecule has 0 saturated carbocycles. The number of carbonyl (C=O) groups is 2. The summed E-state index contributed by atoms with van der Waals surface area (Å²) in [7, 11) is 1.52. The number of aromatic hydroxyl groups is 1. The summed E-state index contributed by atoms with van der Waals surface area (Å²) in [5, 5.41) is 22.6. The van der Waals surface area contributed by atoms with Crippen LogP contribution in [0.4, 0.5) is 5.69 Å². The number of phenolic OH excluding ortho intramolecular Hbond substituents is 1. The molecule has 9 heteroatoms. The monoisotopic (exact) mass is 412 g/mol. The van der Waals surface area contributed by atoms with Crippen molar-refractivity contribution in [2.45, 2.75) is 18.6 Å². The van der Waals surface area contributed by atoms with Crippen LogP contribution >= 0.6 is 11.8 Å². The number of hydrogen-bond acceptors (Lipinski definition) is 7. The summed E-state index contributed by atoms with van der Waals surface area (Å²) in [5.41, 5.74) is 1.92. The minimum absolute atomic E-state index is 0.0331. The molecule has 0 spiro atoms. The fraction of sp³-hybridized carbons (Fsp3) is 0.200. The number of thioether (sulfide) groups is 1. The predicted octanol–water partition coefficient (Wildman–Crippen LogP) is 2.74. The molecule has 2 aromatic carbocycles. The van der Waals surface area contributed by atoms with Crippen molar-refractivity contribution in [1.29, 1.82) is 0 Å². The average Bonchev–Trinajstić information content (AvgIpc) is 2.72. The number of methoxy groups -OCH3 is 1. The zero-order valence-electron chi connectivity index (χ0n) is 15.9. The molecule has 8 nitrogen and oxygen atoms in total. The van der Waals surface area contributed by atoms with Crippen LogP contribution in [0, 0.1) is 0 Å². The van der Waals surface area contributed by atoms with Gasteiger partial charge in [0, 0.05) is 6.42 Å². The summed E-state index contributed by atoms with van der Waals surface area (Å²) in [6, 6.07) is 13.6. The van der Waals surface area contributed by atoms with Crippen LogP contribution in [0.3, 0.4) is 0 Å². The second-order valence-electron chi connectivity index (χ2n) is 6.19. The van der Waals surface area contributed by atoms with E-state index in [9.17, 15) is 14.7 Å². The fourth-order valence-corrected chi connectivity index (χ4v) is 3.51. The third-order valence-electron chi connectivity index (χ3n) is 4.10. The first-order chi connectivity index (χ1) is 14.0. The Morgan fingerprint density at radius 1 is 1.24 bits per heavy atom. The lowest BCUT2D eigenvalue weighted by Gasteiger charge is -2.22. The maximum Gasteiger partial charge on any atom is 0.238 e. The van der Waals surface area contributed by atoms with Gasteiger partial charge in [0.25, 0.3) is 0 Å². The highest BCUT2D eigenvalue weighted by atomic mass is 32.2. The molecule has 1 heterocycles. The summed E-state index contributed by atoms with van der Waals surface area (Å²) >= 11 is 1.13. The molecular formula is C20H20N4O4S. The lowest BCUT2D eigenvalue weighted by Crippen LogP contribution is -2.41. The van der Waals surface area contributed by atoms with Crippen LogP contribution in [0.5, 0.6) is 11.5 Å². The number of para-hydroxylation sites is 2. The molecule has 0 radical (unpaired) electrons. The van der Waals surface area contributed by atoms with Crippen molar-refractivity contribution in [2.75, 3.05) is 12.4 Å². The van der Waals surface area contributed by atoms with E-state index in [2.05, 4.69) is 20.8 Å². The van der Waals surface area contributed by atoms with E-state index in [0.717, 1.165) is 17.3 Å². The van der Waals surface area contributed by atoms with Crippen LogP contribution in [0.15, 0.2) is 58.7 Å². The van der Waals surface area contributed by atoms with Gasteiger partial charge < -0.3 is 20.5 Å². The van der Waals surface area contributed by atoms with Crippen LogP contribution in [0.1, 0.15) is 18.9 Å². The Kier molecular flexibility index (Phi) is 6.50. The quantitative estimate of drug-likeness (QED) is 0.516. The smallest absolute Gasteiger partial charge is 0.238 e. The molecule has 0 unspecified atom stereocenters. The predicted molar refractivity (Wildman–Crippen MR) is 114 cm³/mol. The Balaban J connectivity index is 1.71. The Hall–Kier alpha value is -3.33. The lowest BCUT2D eigenvalue weighted by atomic mass is 10.1. The highest BCUT2D eigenvalue weighted by Gasteiger charge is 2.30. The van der Waals surface area contributed by atoms with Crippen LogP contribution in [0.2, 0.25) is 0 Å². The number of rotatable bonds is 5. The minimum Gasteiger partial charge on any atom is -0.508 e. The molecule has 3 rings (SSSR count). The van der Waals surface area contributed by atoms with Gasteiger partial charge in [-0.3, -0.25) is 9.59 Å². The van der Waals surface area contributed by atoms with E-state index in [0.29, 0.717) is 17.1 Å². The molecule has 0 aromatic heterocycles. The second kappa shape index (κ2) is 9.24. The molecule has 150 valence electrons. The van der Waals surface area contributed by atoms with E-state index in [1.165, 1.54) is 7.11 Å². The van der Waals surface area contributed by atoms with Gasteiger partial charge in [-0.25, -0.2) is 0 Å². The highest BCUT2D eigenvalue weighted by Crippen LogP contribution is 2.27. The van der Waals surface area contributed by atoms with Gasteiger partial charge in [-0.1, -0.05) is 23.9 Å². The van der Waals surface area contributed by atoms with E-state index >= 15 is 0 Å². The van der Waals surface area contributed by atoms with Gasteiger partial charge in [-0.2, -0.15) is 5.10 Å². The van der Waals surface area contributed by atoms with Gasteiger partial charge in [0.1, 0.15) is 16.7 Å². The van der Waals surface area contributed by atoms with Gasteiger partial charge in [-0.05, 0) is 48.9 Å². The van der Waals surface area contributed by atoms with Gasteiger partial charge in [0.15, 0.2) is 5.17 Å². The normalized spacial score (nSPS) is 18.3. The van der Waals surface area contributed by atoms with E-state index < -0.39 is 5.25 Å². The second-order valence-corrected chi connectivity index (χ2v) is 7.38. The number of amidine groups is 1. The number of benzene rings is 2. The number of phenols is 1. The summed E-state index contributed by atoms with van der Waals surface area (Å²) in [5.74, 6) is 0.0717. The Labute approximate surface area is 172 Å². The van der Waals surface area contributed by atoms with E-state index in [1.54, 1.807) is 55.5 Å². The van der Waals surface area contributed by atoms with Gasteiger partial charge in [0.2, 0.25) is 11.8 Å². The van der Waals surface area contributed by atoms with E-state index in [1.807, 2.05) is 0 Å². The minimum atomic E-state index is -0.642. The molecule has 3 N–H and O–H groups in total. The number of nitrogens with zero attached hydrogens (tertiary/aromatic N) is 2. The van der Waals surface area contributed by atoms with E-state index in [-0.39, 0.29) is 29.2 Å². The van der Waals surface area contributed by atoms with Crippen molar-refractivity contribution in [3.05, 3.63) is 54.1 Å². The zero-order chi connectivity index (χ0) is 20.8. The first-order valence-corrected chi connectivity index (χ1v) is 9.66. The van der Waals surface area contributed by atoms with Crippen molar-refractivity contribution >= 4 is 40.1 Å². The number of nitrogens with one attached hydrogen (secondary N) is 2. The third kappa shape index (κ3) is 5.35. The van der Waals surface area contributed by atoms with Gasteiger partial charge in [-0.15, -0.1) is 5.10 Å². The summed E-state index contributed by atoms with van der Waals surface area (Å²) < 4.78 is 5.23.